The molecule has 36 heavy (non-hydrogen) atoms. The fourth-order valence-electron chi connectivity index (χ4n) is 3.14. The lowest BCUT2D eigenvalue weighted by Gasteiger charge is -2.42. The van der Waals surface area contributed by atoms with Gasteiger partial charge < -0.3 is 5.11 Å². The first-order valence-corrected chi connectivity index (χ1v) is 9.34. The molecule has 0 spiro atoms. The number of rotatable bonds is 8. The van der Waals surface area contributed by atoms with Crippen molar-refractivity contribution in [2.24, 2.45) is 0 Å². The third-order valence-electron chi connectivity index (χ3n) is 5.22. The van der Waals surface area contributed by atoms with Crippen molar-refractivity contribution in [2.75, 3.05) is 0 Å². The van der Waals surface area contributed by atoms with Crippen LogP contribution in [0.2, 0.25) is 0 Å². The molecule has 0 aliphatic carbocycles. The van der Waals surface area contributed by atoms with Crippen molar-refractivity contribution in [3.8, 4) is 6.07 Å². The number of hydrogen-bond donors (Lipinski definition) is 1. The Kier molecular flexibility index (Phi) is 7.16. The van der Waals surface area contributed by atoms with Crippen LogP contribution in [0.3, 0.4) is 0 Å². The predicted octanol–water partition coefficient (Wildman–Crippen LogP) is 6.92. The standard InChI is InChI=1S/C21H12F13NO/c22-16(23,17(24,25)18(26,27)19(28,29)20(30,31)21(32,33)34)11-15(36,13-4-2-1-3-5-13)14-8-6-12(10-35)7-9-14/h1-9,36H,11H2. The average molecular weight is 541 g/mol. The van der Waals surface area contributed by atoms with Gasteiger partial charge in [-0.15, -0.1) is 0 Å². The molecule has 2 rings (SSSR count). The maximum atomic E-state index is 14.6. The van der Waals surface area contributed by atoms with E-state index < -0.39 is 58.9 Å². The second kappa shape index (κ2) is 8.82. The molecule has 0 fully saturated rings. The molecule has 1 unspecified atom stereocenters. The Morgan fingerprint density at radius 1 is 0.583 bits per heavy atom. The molecule has 0 aromatic heterocycles. The van der Waals surface area contributed by atoms with Crippen molar-refractivity contribution in [3.63, 3.8) is 0 Å². The van der Waals surface area contributed by atoms with Crippen LogP contribution in [0.5, 0.6) is 0 Å². The summed E-state index contributed by atoms with van der Waals surface area (Å²) in [6.45, 7) is 0. The molecule has 0 radical (unpaired) electrons. The number of alkyl halides is 13. The maximum Gasteiger partial charge on any atom is 0.460 e. The summed E-state index contributed by atoms with van der Waals surface area (Å²) in [5.41, 5.74) is -4.99. The second-order valence-electron chi connectivity index (χ2n) is 7.59. The quantitative estimate of drug-likeness (QED) is 0.369. The highest BCUT2D eigenvalue weighted by Gasteiger charge is 2.90. The van der Waals surface area contributed by atoms with Gasteiger partial charge in [0.2, 0.25) is 0 Å². The summed E-state index contributed by atoms with van der Waals surface area (Å²) < 4.78 is 175. The molecule has 2 nitrogen and oxygen atoms in total. The van der Waals surface area contributed by atoms with Crippen molar-refractivity contribution in [1.29, 1.82) is 5.26 Å². The average Bonchev–Trinajstić information content (AvgIpc) is 2.78. The van der Waals surface area contributed by atoms with Gasteiger partial charge in [0, 0.05) is 0 Å². The molecule has 0 aliphatic rings. The smallest absolute Gasteiger partial charge is 0.380 e. The molecule has 0 saturated heterocycles. The molecule has 0 bridgehead atoms. The van der Waals surface area contributed by atoms with Gasteiger partial charge in [-0.2, -0.15) is 62.3 Å². The van der Waals surface area contributed by atoms with E-state index in [1.807, 2.05) is 0 Å². The van der Waals surface area contributed by atoms with Crippen LogP contribution in [0, 0.1) is 11.3 Å². The Morgan fingerprint density at radius 3 is 1.42 bits per heavy atom. The van der Waals surface area contributed by atoms with Crippen molar-refractivity contribution in [2.45, 2.75) is 47.8 Å². The summed E-state index contributed by atoms with van der Waals surface area (Å²) in [6.07, 6.45) is -10.4. The van der Waals surface area contributed by atoms with Gasteiger partial charge in [-0.25, -0.2) is 0 Å². The molecule has 0 amide bonds. The van der Waals surface area contributed by atoms with E-state index in [0.717, 1.165) is 48.5 Å². The van der Waals surface area contributed by atoms with Crippen LogP contribution in [-0.4, -0.2) is 40.9 Å². The maximum absolute atomic E-state index is 14.6. The van der Waals surface area contributed by atoms with Crippen molar-refractivity contribution < 1.29 is 62.2 Å². The number of nitriles is 1. The zero-order valence-corrected chi connectivity index (χ0v) is 17.2. The van der Waals surface area contributed by atoms with E-state index in [0.29, 0.717) is 0 Å². The zero-order chi connectivity index (χ0) is 28.0. The van der Waals surface area contributed by atoms with Crippen LogP contribution in [-0.2, 0) is 5.60 Å². The number of nitrogens with zero attached hydrogens (tertiary/aromatic N) is 1. The van der Waals surface area contributed by atoms with Gasteiger partial charge in [-0.1, -0.05) is 42.5 Å². The largest absolute Gasteiger partial charge is 0.460 e. The van der Waals surface area contributed by atoms with Gasteiger partial charge in [0.1, 0.15) is 5.60 Å². The van der Waals surface area contributed by atoms with Crippen LogP contribution in [0.1, 0.15) is 23.1 Å². The molecule has 2 aromatic carbocycles. The first-order chi connectivity index (χ1) is 16.1. The van der Waals surface area contributed by atoms with E-state index in [1.54, 1.807) is 6.07 Å². The van der Waals surface area contributed by atoms with E-state index in [1.165, 1.54) is 6.07 Å². The van der Waals surface area contributed by atoms with Gasteiger partial charge in [-0.3, -0.25) is 0 Å². The van der Waals surface area contributed by atoms with Gasteiger partial charge >= 0.3 is 35.8 Å². The van der Waals surface area contributed by atoms with Gasteiger partial charge in [0.25, 0.3) is 0 Å². The summed E-state index contributed by atoms with van der Waals surface area (Å²) in [7, 11) is 0. The minimum absolute atomic E-state index is 0.146. The topological polar surface area (TPSA) is 44.0 Å². The molecule has 0 saturated carbocycles. The SMILES string of the molecule is N#Cc1ccc(C(O)(CC(F)(F)C(F)(F)C(F)(F)C(F)(F)C(F)(F)C(F)(F)F)c2ccccc2)cc1. The van der Waals surface area contributed by atoms with Crippen LogP contribution in [0.25, 0.3) is 0 Å². The summed E-state index contributed by atoms with van der Waals surface area (Å²) in [5, 5.41) is 19.7. The van der Waals surface area contributed by atoms with Crippen LogP contribution in [0.15, 0.2) is 54.6 Å². The number of benzene rings is 2. The van der Waals surface area contributed by atoms with Gasteiger partial charge in [-0.05, 0) is 23.3 Å². The van der Waals surface area contributed by atoms with E-state index >= 15 is 0 Å². The normalized spacial score (nSPS) is 15.8. The molecule has 198 valence electrons. The second-order valence-corrected chi connectivity index (χ2v) is 7.59. The Morgan fingerprint density at radius 2 is 1.00 bits per heavy atom. The summed E-state index contributed by atoms with van der Waals surface area (Å²) in [5.74, 6) is -37.9. The Balaban J connectivity index is 2.67. The molecular weight excluding hydrogens is 529 g/mol. The zero-order valence-electron chi connectivity index (χ0n) is 17.2. The van der Waals surface area contributed by atoms with Gasteiger partial charge in [0.15, 0.2) is 0 Å². The fraction of sp³-hybridized carbons (Fsp3) is 0.381. The van der Waals surface area contributed by atoms with Crippen molar-refractivity contribution >= 4 is 0 Å². The minimum Gasteiger partial charge on any atom is -0.380 e. The van der Waals surface area contributed by atoms with Crippen LogP contribution < -0.4 is 0 Å². The lowest BCUT2D eigenvalue weighted by atomic mass is 9.78. The lowest BCUT2D eigenvalue weighted by Crippen LogP contribution is -2.70. The first kappa shape index (κ1) is 29.2. The molecule has 1 atom stereocenters. The third-order valence-corrected chi connectivity index (χ3v) is 5.22. The van der Waals surface area contributed by atoms with Crippen molar-refractivity contribution in [3.05, 3.63) is 71.3 Å². The van der Waals surface area contributed by atoms with Crippen molar-refractivity contribution in [1.82, 2.24) is 0 Å². The third kappa shape index (κ3) is 4.35. The van der Waals surface area contributed by atoms with E-state index in [-0.39, 0.29) is 5.56 Å². The van der Waals surface area contributed by atoms with E-state index in [4.69, 9.17) is 5.26 Å². The molecular formula is C21H12F13NO. The Hall–Kier alpha value is -3.02. The van der Waals surface area contributed by atoms with E-state index in [9.17, 15) is 62.2 Å². The van der Waals surface area contributed by atoms with Crippen LogP contribution in [0.4, 0.5) is 57.1 Å². The molecule has 2 aromatic rings. The summed E-state index contributed by atoms with van der Waals surface area (Å²) >= 11 is 0. The Bertz CT molecular complexity index is 1110. The minimum atomic E-state index is -8.04. The highest BCUT2D eigenvalue weighted by atomic mass is 19.4. The van der Waals surface area contributed by atoms with Crippen LogP contribution >= 0.6 is 0 Å². The predicted molar refractivity (Wildman–Crippen MR) is 96.0 cm³/mol. The number of halogens is 13. The number of hydrogen-bond acceptors (Lipinski definition) is 2. The molecule has 1 N–H and O–H groups in total. The lowest BCUT2D eigenvalue weighted by molar-refractivity contribution is -0.441. The molecule has 15 heteroatoms. The fourth-order valence-corrected chi connectivity index (χ4v) is 3.14. The summed E-state index contributed by atoms with van der Waals surface area (Å²) in [4.78, 5) is 0. The number of aliphatic hydroxyl groups is 1. The molecule has 0 aliphatic heterocycles. The monoisotopic (exact) mass is 541 g/mol. The highest BCUT2D eigenvalue weighted by Crippen LogP contribution is 2.61. The molecule has 0 heterocycles. The first-order valence-electron chi connectivity index (χ1n) is 9.34. The van der Waals surface area contributed by atoms with Gasteiger partial charge in [0.05, 0.1) is 18.1 Å². The highest BCUT2D eigenvalue weighted by molar-refractivity contribution is 5.40. The summed E-state index contributed by atoms with van der Waals surface area (Å²) in [6, 6.07) is 9.83. The van der Waals surface area contributed by atoms with E-state index in [2.05, 4.69) is 0 Å². The Labute approximate surface area is 193 Å².